The summed E-state index contributed by atoms with van der Waals surface area (Å²) in [4.78, 5) is 31.1. The molecule has 4 rings (SSSR count). The molecule has 3 N–H and O–H groups in total. The van der Waals surface area contributed by atoms with Crippen LogP contribution in [0, 0.1) is 17.8 Å². The summed E-state index contributed by atoms with van der Waals surface area (Å²) in [5, 5.41) is 35.1. The smallest absolute Gasteiger partial charge is 0.458 e. The normalized spacial score (nSPS) is 49.0. The molecule has 0 aromatic heterocycles. The topological polar surface area (TPSA) is 175 Å². The van der Waals surface area contributed by atoms with E-state index in [1.165, 1.54) is 7.11 Å². The Kier molecular flexibility index (Phi) is 14.6. The fourth-order valence-electron chi connectivity index (χ4n) is 9.35. The molecule has 4 aliphatic rings. The minimum Gasteiger partial charge on any atom is -0.458 e. The number of aliphatic hydroxyl groups is 3. The van der Waals surface area contributed by atoms with Gasteiger partial charge in [-0.3, -0.25) is 9.69 Å². The number of likely N-dealkylation sites (N-methyl/N-ethyl adjacent to an activating group) is 2. The Morgan fingerprint density at radius 3 is 2.20 bits per heavy atom. The minimum atomic E-state index is -1.55. The van der Waals surface area contributed by atoms with Crippen molar-refractivity contribution in [3.8, 4) is 0 Å². The van der Waals surface area contributed by atoms with Gasteiger partial charge in [-0.15, -0.1) is 0 Å². The maximum atomic E-state index is 14.4. The standard InChI is InChI=1S/C39H70N2O13/c1-15-27-39(10)33(53-36(45)54-39)24(6)41(13)19-20(2)17-37(8,46)32(52-35-29(42)26(40(11)12)16-21(3)48-35)22(4)30(23(5)34(44)50-27)51-28-18-38(9,47-14)31(43)25(7)49-28/h20-33,35,42-43,46H,15-19H2,1-14H3/t20-,21-,22+,23-,24-,25+,26+,27-,28+,29-,30+,31+,32-,33-,35+,37-,38-,39-/m1/s1. The lowest BCUT2D eigenvalue weighted by atomic mass is 9.77. The zero-order valence-electron chi connectivity index (χ0n) is 35.0. The van der Waals surface area contributed by atoms with E-state index in [-0.39, 0.29) is 36.9 Å². The molecule has 0 saturated carbocycles. The quantitative estimate of drug-likeness (QED) is 0.322. The summed E-state index contributed by atoms with van der Waals surface area (Å²) in [6, 6.07) is -0.619. The number of hydrogen-bond acceptors (Lipinski definition) is 15. The lowest BCUT2D eigenvalue weighted by molar-refractivity contribution is -0.318. The number of methoxy groups -OCH3 is 1. The second-order valence-electron chi connectivity index (χ2n) is 17.6. The predicted molar refractivity (Wildman–Crippen MR) is 197 cm³/mol. The second-order valence-corrected chi connectivity index (χ2v) is 17.6. The Morgan fingerprint density at radius 1 is 0.963 bits per heavy atom. The SMILES string of the molecule is CC[C@H]1OC(=O)[C@H](C)[C@@H](O[C@H]2C[C@@](C)(OC)[C@@H](O)[C@H](C)O2)[C@H](C)[C@@H](O[C@@H]2O[C@H](C)C[C@H](N(C)C)[C@H]2O)[C@](C)(O)C[C@@H](C)CN(C)[C@H](C)[C@H]2OC(=O)O[C@@]21C. The van der Waals surface area contributed by atoms with E-state index in [0.717, 1.165) is 0 Å². The lowest BCUT2D eigenvalue weighted by Crippen LogP contribution is -2.60. The van der Waals surface area contributed by atoms with E-state index >= 15 is 0 Å². The minimum absolute atomic E-state index is 0.117. The van der Waals surface area contributed by atoms with Crippen molar-refractivity contribution in [3.05, 3.63) is 0 Å². The summed E-state index contributed by atoms with van der Waals surface area (Å²) < 4.78 is 49.5. The molecular weight excluding hydrogens is 704 g/mol. The first kappa shape index (κ1) is 45.0. The Morgan fingerprint density at radius 2 is 1.61 bits per heavy atom. The first-order valence-corrected chi connectivity index (χ1v) is 19.7. The molecule has 4 saturated heterocycles. The molecule has 0 aliphatic carbocycles. The highest BCUT2D eigenvalue weighted by molar-refractivity contribution is 5.73. The van der Waals surface area contributed by atoms with Crippen LogP contribution in [-0.2, 0) is 42.7 Å². The Bertz CT molecular complexity index is 1270. The van der Waals surface area contributed by atoms with Crippen molar-refractivity contribution in [3.63, 3.8) is 0 Å². The average Bonchev–Trinajstić information content (AvgIpc) is 3.40. The molecule has 15 nitrogen and oxygen atoms in total. The van der Waals surface area contributed by atoms with Gasteiger partial charge in [-0.05, 0) is 94.8 Å². The summed E-state index contributed by atoms with van der Waals surface area (Å²) in [6.07, 6.45) is -8.15. The van der Waals surface area contributed by atoms with Crippen molar-refractivity contribution < 1.29 is 62.8 Å². The summed E-state index contributed by atoms with van der Waals surface area (Å²) in [6.45, 7) is 18.7. The van der Waals surface area contributed by atoms with Crippen molar-refractivity contribution in [1.82, 2.24) is 9.80 Å². The fraction of sp³-hybridized carbons (Fsp3) is 0.949. The van der Waals surface area contributed by atoms with Crippen LogP contribution in [-0.4, -0.2) is 162 Å². The molecule has 54 heavy (non-hydrogen) atoms. The molecule has 314 valence electrons. The van der Waals surface area contributed by atoms with E-state index in [4.69, 9.17) is 37.9 Å². The zero-order chi connectivity index (χ0) is 40.7. The Hall–Kier alpha value is -1.66. The molecule has 0 aromatic rings. The van der Waals surface area contributed by atoms with Crippen LogP contribution in [0.2, 0.25) is 0 Å². The lowest BCUT2D eigenvalue weighted by Gasteiger charge is -2.48. The van der Waals surface area contributed by atoms with Gasteiger partial charge >= 0.3 is 12.1 Å². The van der Waals surface area contributed by atoms with Crippen molar-refractivity contribution in [2.45, 2.75) is 185 Å². The fourth-order valence-corrected chi connectivity index (χ4v) is 9.35. The van der Waals surface area contributed by atoms with Crippen LogP contribution in [0.25, 0.3) is 0 Å². The summed E-state index contributed by atoms with van der Waals surface area (Å²) in [5.74, 6) is -2.46. The average molecular weight is 775 g/mol. The third-order valence-electron chi connectivity index (χ3n) is 12.7. The molecule has 15 heteroatoms. The van der Waals surface area contributed by atoms with Gasteiger partial charge in [0, 0.05) is 38.1 Å². The Labute approximate surface area is 322 Å². The largest absolute Gasteiger partial charge is 0.509 e. The van der Waals surface area contributed by atoms with Crippen molar-refractivity contribution in [2.75, 3.05) is 34.8 Å². The van der Waals surface area contributed by atoms with Gasteiger partial charge < -0.3 is 58.1 Å². The van der Waals surface area contributed by atoms with Crippen LogP contribution >= 0.6 is 0 Å². The molecule has 18 atom stereocenters. The maximum absolute atomic E-state index is 14.4. The van der Waals surface area contributed by atoms with Crippen LogP contribution in [0.1, 0.15) is 94.9 Å². The van der Waals surface area contributed by atoms with Crippen LogP contribution in [0.4, 0.5) is 4.79 Å². The van der Waals surface area contributed by atoms with Gasteiger partial charge in [0.25, 0.3) is 0 Å². The zero-order valence-corrected chi connectivity index (χ0v) is 35.0. The van der Waals surface area contributed by atoms with Gasteiger partial charge in [0.15, 0.2) is 24.3 Å². The van der Waals surface area contributed by atoms with Crippen molar-refractivity contribution in [1.29, 1.82) is 0 Å². The summed E-state index contributed by atoms with van der Waals surface area (Å²) >= 11 is 0. The monoisotopic (exact) mass is 774 g/mol. The highest BCUT2D eigenvalue weighted by Crippen LogP contribution is 2.42. The summed E-state index contributed by atoms with van der Waals surface area (Å²) in [5.41, 5.74) is -3.87. The molecule has 0 aromatic carbocycles. The highest BCUT2D eigenvalue weighted by Gasteiger charge is 2.58. The number of aliphatic hydroxyl groups excluding tert-OH is 2. The van der Waals surface area contributed by atoms with Gasteiger partial charge in [-0.2, -0.15) is 0 Å². The maximum Gasteiger partial charge on any atom is 0.509 e. The van der Waals surface area contributed by atoms with E-state index < -0.39 is 96.1 Å². The first-order valence-electron chi connectivity index (χ1n) is 19.7. The van der Waals surface area contributed by atoms with Gasteiger partial charge in [0.05, 0.1) is 41.5 Å². The van der Waals surface area contributed by atoms with Crippen LogP contribution < -0.4 is 0 Å². The molecule has 4 fully saturated rings. The van der Waals surface area contributed by atoms with E-state index in [2.05, 4.69) is 0 Å². The number of fused-ring (bicyclic) bond motifs is 1. The number of nitrogens with zero attached hydrogens (tertiary/aromatic N) is 2. The molecule has 0 unspecified atom stereocenters. The van der Waals surface area contributed by atoms with Gasteiger partial charge in [0.1, 0.15) is 18.3 Å². The van der Waals surface area contributed by atoms with Crippen LogP contribution in [0.15, 0.2) is 0 Å². The van der Waals surface area contributed by atoms with Gasteiger partial charge in [-0.1, -0.05) is 20.8 Å². The van der Waals surface area contributed by atoms with Crippen molar-refractivity contribution >= 4 is 12.1 Å². The second kappa shape index (κ2) is 17.5. The molecule has 4 aliphatic heterocycles. The summed E-state index contributed by atoms with van der Waals surface area (Å²) in [7, 11) is 7.21. The Balaban J connectivity index is 1.83. The number of hydrogen-bond donors (Lipinski definition) is 3. The van der Waals surface area contributed by atoms with E-state index in [9.17, 15) is 24.9 Å². The van der Waals surface area contributed by atoms with E-state index in [0.29, 0.717) is 19.4 Å². The molecule has 0 bridgehead atoms. The number of esters is 1. The predicted octanol–water partition coefficient (Wildman–Crippen LogP) is 3.08. The van der Waals surface area contributed by atoms with Crippen LogP contribution in [0.3, 0.4) is 0 Å². The van der Waals surface area contributed by atoms with Gasteiger partial charge in [-0.25, -0.2) is 4.79 Å². The molecule has 0 amide bonds. The third-order valence-corrected chi connectivity index (χ3v) is 12.7. The number of ether oxygens (including phenoxy) is 8. The number of carbonyl (C=O) groups is 2. The third kappa shape index (κ3) is 9.37. The molecule has 0 spiro atoms. The highest BCUT2D eigenvalue weighted by atomic mass is 16.8. The van der Waals surface area contributed by atoms with Gasteiger partial charge in [0.2, 0.25) is 0 Å². The van der Waals surface area contributed by atoms with E-state index in [1.807, 2.05) is 65.6 Å². The van der Waals surface area contributed by atoms with E-state index in [1.54, 1.807) is 34.6 Å². The molecular formula is C39H70N2O13. The first-order chi connectivity index (χ1) is 25.0. The number of rotatable bonds is 7. The van der Waals surface area contributed by atoms with Crippen molar-refractivity contribution in [2.24, 2.45) is 17.8 Å². The molecule has 4 heterocycles. The molecule has 0 radical (unpaired) electrons. The number of carbonyl (C=O) groups excluding carboxylic acids is 2. The van der Waals surface area contributed by atoms with Crippen LogP contribution in [0.5, 0.6) is 0 Å². The number of cyclic esters (lactones) is 1.